The number of nitrogens with one attached hydrogen (secondary N) is 1. The van der Waals surface area contributed by atoms with E-state index in [2.05, 4.69) is 15.6 Å². The highest BCUT2D eigenvalue weighted by atomic mass is 16.5. The monoisotopic (exact) mass is 336 g/mol. The zero-order valence-corrected chi connectivity index (χ0v) is 14.5. The standard InChI is InChI=1S/C19H20N4O2/c1-4-25-17-12-8-7-11-16(17)23-14(3)18(21-22-23)19(24)20-15-10-6-5-9-13(15)2/h5-12H,4H2,1-3H3,(H,20,24). The first-order chi connectivity index (χ1) is 12.1. The van der Waals surface area contributed by atoms with E-state index in [4.69, 9.17) is 4.74 Å². The Labute approximate surface area is 146 Å². The van der Waals surface area contributed by atoms with Crippen molar-refractivity contribution >= 4 is 11.6 Å². The Hall–Kier alpha value is -3.15. The summed E-state index contributed by atoms with van der Waals surface area (Å²) in [7, 11) is 0. The number of hydrogen-bond acceptors (Lipinski definition) is 4. The van der Waals surface area contributed by atoms with E-state index in [1.54, 1.807) is 4.68 Å². The van der Waals surface area contributed by atoms with Gasteiger partial charge in [-0.15, -0.1) is 5.10 Å². The molecule has 1 aromatic heterocycles. The summed E-state index contributed by atoms with van der Waals surface area (Å²) < 4.78 is 7.26. The summed E-state index contributed by atoms with van der Waals surface area (Å²) in [6.07, 6.45) is 0. The maximum absolute atomic E-state index is 12.6. The van der Waals surface area contributed by atoms with E-state index in [-0.39, 0.29) is 11.6 Å². The summed E-state index contributed by atoms with van der Waals surface area (Å²) in [5, 5.41) is 11.1. The molecule has 0 unspecified atom stereocenters. The van der Waals surface area contributed by atoms with Gasteiger partial charge in [0.25, 0.3) is 5.91 Å². The molecule has 3 rings (SSSR count). The second-order valence-electron chi connectivity index (χ2n) is 5.61. The van der Waals surface area contributed by atoms with Gasteiger partial charge in [0, 0.05) is 5.69 Å². The SMILES string of the molecule is CCOc1ccccc1-n1nnc(C(=O)Nc2ccccc2C)c1C. The average molecular weight is 336 g/mol. The van der Waals surface area contributed by atoms with Gasteiger partial charge in [-0.3, -0.25) is 4.79 Å². The van der Waals surface area contributed by atoms with Gasteiger partial charge in [0.05, 0.1) is 12.3 Å². The molecule has 0 bridgehead atoms. The van der Waals surface area contributed by atoms with Crippen LogP contribution in [0.1, 0.15) is 28.7 Å². The van der Waals surface area contributed by atoms with Crippen LogP contribution in [-0.2, 0) is 0 Å². The van der Waals surface area contributed by atoms with E-state index in [0.717, 1.165) is 16.9 Å². The molecule has 6 nitrogen and oxygen atoms in total. The highest BCUT2D eigenvalue weighted by Gasteiger charge is 2.19. The lowest BCUT2D eigenvalue weighted by Crippen LogP contribution is -2.15. The van der Waals surface area contributed by atoms with Gasteiger partial charge < -0.3 is 10.1 Å². The Bertz CT molecular complexity index is 902. The molecule has 0 radical (unpaired) electrons. The Kier molecular flexibility index (Phi) is 4.79. The zero-order valence-electron chi connectivity index (χ0n) is 14.5. The van der Waals surface area contributed by atoms with Crippen LogP contribution < -0.4 is 10.1 Å². The van der Waals surface area contributed by atoms with Crippen molar-refractivity contribution in [3.8, 4) is 11.4 Å². The number of hydrogen-bond donors (Lipinski definition) is 1. The fourth-order valence-electron chi connectivity index (χ4n) is 2.57. The summed E-state index contributed by atoms with van der Waals surface area (Å²) in [6, 6.07) is 15.2. The maximum atomic E-state index is 12.6. The third kappa shape index (κ3) is 3.38. The van der Waals surface area contributed by atoms with E-state index in [1.807, 2.05) is 69.3 Å². The van der Waals surface area contributed by atoms with Gasteiger partial charge in [-0.2, -0.15) is 0 Å². The number of carbonyl (C=O) groups is 1. The molecular weight excluding hydrogens is 316 g/mol. The number of nitrogens with zero attached hydrogens (tertiary/aromatic N) is 3. The molecule has 0 aliphatic rings. The highest BCUT2D eigenvalue weighted by Crippen LogP contribution is 2.24. The van der Waals surface area contributed by atoms with Crippen molar-refractivity contribution in [3.63, 3.8) is 0 Å². The molecule has 0 aliphatic carbocycles. The average Bonchev–Trinajstić information content (AvgIpc) is 2.99. The minimum atomic E-state index is -0.285. The summed E-state index contributed by atoms with van der Waals surface area (Å²) in [5.41, 5.74) is 3.44. The van der Waals surface area contributed by atoms with E-state index in [1.165, 1.54) is 0 Å². The van der Waals surface area contributed by atoms with Gasteiger partial charge in [-0.1, -0.05) is 35.5 Å². The molecule has 3 aromatic rings. The van der Waals surface area contributed by atoms with Gasteiger partial charge in [0.1, 0.15) is 11.4 Å². The predicted molar refractivity (Wildman–Crippen MR) is 96.4 cm³/mol. The lowest BCUT2D eigenvalue weighted by atomic mass is 10.2. The van der Waals surface area contributed by atoms with Crippen LogP contribution in [0.5, 0.6) is 5.75 Å². The predicted octanol–water partition coefficient (Wildman–Crippen LogP) is 3.54. The second kappa shape index (κ2) is 7.17. The summed E-state index contributed by atoms with van der Waals surface area (Å²) in [6.45, 7) is 6.23. The van der Waals surface area contributed by atoms with Crippen LogP contribution in [0.4, 0.5) is 5.69 Å². The first kappa shape index (κ1) is 16.7. The maximum Gasteiger partial charge on any atom is 0.278 e. The number of aromatic nitrogens is 3. The molecule has 1 heterocycles. The Morgan fingerprint density at radius 2 is 1.84 bits per heavy atom. The highest BCUT2D eigenvalue weighted by molar-refractivity contribution is 6.04. The zero-order chi connectivity index (χ0) is 17.8. The lowest BCUT2D eigenvalue weighted by molar-refractivity contribution is 0.102. The van der Waals surface area contributed by atoms with Crippen molar-refractivity contribution in [2.75, 3.05) is 11.9 Å². The Morgan fingerprint density at radius 3 is 2.60 bits per heavy atom. The van der Waals surface area contributed by atoms with E-state index in [9.17, 15) is 4.79 Å². The Balaban J connectivity index is 1.91. The van der Waals surface area contributed by atoms with Crippen LogP contribution in [0, 0.1) is 13.8 Å². The molecule has 1 N–H and O–H groups in total. The number of aryl methyl sites for hydroxylation is 1. The minimum Gasteiger partial charge on any atom is -0.492 e. The van der Waals surface area contributed by atoms with Crippen LogP contribution >= 0.6 is 0 Å². The van der Waals surface area contributed by atoms with Crippen LogP contribution in [0.2, 0.25) is 0 Å². The first-order valence-corrected chi connectivity index (χ1v) is 8.13. The van der Waals surface area contributed by atoms with Crippen LogP contribution in [0.15, 0.2) is 48.5 Å². The van der Waals surface area contributed by atoms with E-state index < -0.39 is 0 Å². The molecule has 6 heteroatoms. The van der Waals surface area contributed by atoms with Gasteiger partial charge in [-0.05, 0) is 44.5 Å². The molecule has 0 atom stereocenters. The summed E-state index contributed by atoms with van der Waals surface area (Å²) in [4.78, 5) is 12.6. The fraction of sp³-hybridized carbons (Fsp3) is 0.211. The third-order valence-electron chi connectivity index (χ3n) is 3.90. The van der Waals surface area contributed by atoms with Gasteiger partial charge in [-0.25, -0.2) is 4.68 Å². The molecule has 1 amide bonds. The largest absolute Gasteiger partial charge is 0.492 e. The van der Waals surface area contributed by atoms with E-state index in [0.29, 0.717) is 18.1 Å². The smallest absolute Gasteiger partial charge is 0.278 e. The van der Waals surface area contributed by atoms with Crippen LogP contribution in [-0.4, -0.2) is 27.5 Å². The summed E-state index contributed by atoms with van der Waals surface area (Å²) in [5.74, 6) is 0.413. The van der Waals surface area contributed by atoms with Crippen molar-refractivity contribution < 1.29 is 9.53 Å². The van der Waals surface area contributed by atoms with Crippen LogP contribution in [0.3, 0.4) is 0 Å². The lowest BCUT2D eigenvalue weighted by Gasteiger charge is -2.11. The number of carbonyl (C=O) groups excluding carboxylic acids is 1. The quantitative estimate of drug-likeness (QED) is 0.774. The van der Waals surface area contributed by atoms with E-state index >= 15 is 0 Å². The first-order valence-electron chi connectivity index (χ1n) is 8.13. The van der Waals surface area contributed by atoms with Gasteiger partial charge >= 0.3 is 0 Å². The topological polar surface area (TPSA) is 69.0 Å². The van der Waals surface area contributed by atoms with Gasteiger partial charge in [0.15, 0.2) is 5.69 Å². The third-order valence-corrected chi connectivity index (χ3v) is 3.90. The second-order valence-corrected chi connectivity index (χ2v) is 5.61. The molecule has 0 fully saturated rings. The molecular formula is C19H20N4O2. The molecule has 128 valence electrons. The normalized spacial score (nSPS) is 10.5. The van der Waals surface area contributed by atoms with Crippen molar-refractivity contribution in [2.24, 2.45) is 0 Å². The molecule has 2 aromatic carbocycles. The fourth-order valence-corrected chi connectivity index (χ4v) is 2.57. The number of para-hydroxylation sites is 3. The molecule has 25 heavy (non-hydrogen) atoms. The number of benzene rings is 2. The molecule has 0 saturated carbocycles. The molecule has 0 saturated heterocycles. The Morgan fingerprint density at radius 1 is 1.12 bits per heavy atom. The van der Waals surface area contributed by atoms with Crippen molar-refractivity contribution in [1.29, 1.82) is 0 Å². The number of amides is 1. The van der Waals surface area contributed by atoms with Crippen molar-refractivity contribution in [3.05, 3.63) is 65.5 Å². The number of rotatable bonds is 5. The van der Waals surface area contributed by atoms with Crippen molar-refractivity contribution in [2.45, 2.75) is 20.8 Å². The van der Waals surface area contributed by atoms with Gasteiger partial charge in [0.2, 0.25) is 0 Å². The minimum absolute atomic E-state index is 0.285. The molecule has 0 spiro atoms. The summed E-state index contributed by atoms with van der Waals surface area (Å²) >= 11 is 0. The number of anilines is 1. The van der Waals surface area contributed by atoms with Crippen molar-refractivity contribution in [1.82, 2.24) is 15.0 Å². The van der Waals surface area contributed by atoms with Crippen LogP contribution in [0.25, 0.3) is 5.69 Å². The molecule has 0 aliphatic heterocycles. The number of ether oxygens (including phenoxy) is 1.